The third kappa shape index (κ3) is 4.22. The molecule has 1 fully saturated rings. The van der Waals surface area contributed by atoms with Crippen LogP contribution in [0.25, 0.3) is 0 Å². The summed E-state index contributed by atoms with van der Waals surface area (Å²) >= 11 is 3.33. The molecular formula is C24H24BrNO2. The molecule has 144 valence electrons. The molecular weight excluding hydrogens is 414 g/mol. The topological polar surface area (TPSA) is 31.4 Å². The lowest BCUT2D eigenvalue weighted by Gasteiger charge is -2.28. The van der Waals surface area contributed by atoms with E-state index >= 15 is 0 Å². The second kappa shape index (κ2) is 7.96. The van der Waals surface area contributed by atoms with Gasteiger partial charge in [-0.2, -0.15) is 0 Å². The van der Waals surface area contributed by atoms with E-state index in [-0.39, 0.29) is 5.41 Å². The summed E-state index contributed by atoms with van der Waals surface area (Å²) in [6.07, 6.45) is 5.76. The lowest BCUT2D eigenvalue weighted by Crippen LogP contribution is -2.24. The highest BCUT2D eigenvalue weighted by molar-refractivity contribution is 9.10. The molecule has 3 nitrogen and oxygen atoms in total. The maximum atomic E-state index is 5.98. The third-order valence-electron chi connectivity index (χ3n) is 5.44. The van der Waals surface area contributed by atoms with Gasteiger partial charge >= 0.3 is 0 Å². The summed E-state index contributed by atoms with van der Waals surface area (Å²) in [5.74, 6) is 2.49. The molecule has 0 amide bonds. The molecule has 1 aliphatic rings. The first kappa shape index (κ1) is 19.0. The van der Waals surface area contributed by atoms with E-state index in [4.69, 9.17) is 9.47 Å². The van der Waals surface area contributed by atoms with Gasteiger partial charge in [0, 0.05) is 5.41 Å². The van der Waals surface area contributed by atoms with Crippen LogP contribution in [0.5, 0.6) is 17.2 Å². The van der Waals surface area contributed by atoms with Crippen LogP contribution in [0.15, 0.2) is 71.5 Å². The van der Waals surface area contributed by atoms with Gasteiger partial charge in [0.2, 0.25) is 0 Å². The zero-order chi connectivity index (χ0) is 19.6. The SMILES string of the molecule is CC(C)(c1ccc(Oc2ccc(Br)nc2)cc1)c1ccc(OC2CCC2)cc1. The summed E-state index contributed by atoms with van der Waals surface area (Å²) in [7, 11) is 0. The minimum Gasteiger partial charge on any atom is -0.490 e. The van der Waals surface area contributed by atoms with Crippen LogP contribution in [-0.4, -0.2) is 11.1 Å². The highest BCUT2D eigenvalue weighted by Crippen LogP contribution is 2.34. The number of pyridine rings is 1. The van der Waals surface area contributed by atoms with Gasteiger partial charge in [0.1, 0.15) is 21.9 Å². The number of hydrogen-bond acceptors (Lipinski definition) is 3. The van der Waals surface area contributed by atoms with Gasteiger partial charge in [0.05, 0.1) is 12.3 Å². The molecule has 0 spiro atoms. The van der Waals surface area contributed by atoms with E-state index < -0.39 is 0 Å². The average molecular weight is 438 g/mol. The Balaban J connectivity index is 1.46. The molecule has 0 unspecified atom stereocenters. The predicted molar refractivity (Wildman–Crippen MR) is 115 cm³/mol. The van der Waals surface area contributed by atoms with Crippen molar-refractivity contribution in [3.63, 3.8) is 0 Å². The van der Waals surface area contributed by atoms with Gasteiger partial charge in [-0.25, -0.2) is 4.98 Å². The first-order valence-corrected chi connectivity index (χ1v) is 10.5. The van der Waals surface area contributed by atoms with E-state index in [2.05, 4.69) is 71.2 Å². The highest BCUT2D eigenvalue weighted by atomic mass is 79.9. The van der Waals surface area contributed by atoms with Crippen molar-refractivity contribution in [3.8, 4) is 17.2 Å². The van der Waals surface area contributed by atoms with E-state index in [9.17, 15) is 0 Å². The fraction of sp³-hybridized carbons (Fsp3) is 0.292. The van der Waals surface area contributed by atoms with Crippen molar-refractivity contribution in [2.24, 2.45) is 0 Å². The second-order valence-corrected chi connectivity index (χ2v) is 8.58. The average Bonchev–Trinajstić information content (AvgIpc) is 2.67. The first-order valence-electron chi connectivity index (χ1n) is 9.68. The van der Waals surface area contributed by atoms with Crippen molar-refractivity contribution in [2.75, 3.05) is 0 Å². The third-order valence-corrected chi connectivity index (χ3v) is 5.91. The van der Waals surface area contributed by atoms with Gasteiger partial charge in [0.25, 0.3) is 0 Å². The molecule has 0 saturated heterocycles. The molecule has 1 heterocycles. The van der Waals surface area contributed by atoms with Crippen LogP contribution >= 0.6 is 15.9 Å². The fourth-order valence-electron chi connectivity index (χ4n) is 3.30. The summed E-state index contributed by atoms with van der Waals surface area (Å²) in [5.41, 5.74) is 2.40. The zero-order valence-corrected chi connectivity index (χ0v) is 17.8. The molecule has 2 aromatic carbocycles. The number of hydrogen-bond donors (Lipinski definition) is 0. The van der Waals surface area contributed by atoms with Crippen LogP contribution in [0, 0.1) is 0 Å². The van der Waals surface area contributed by atoms with Crippen molar-refractivity contribution in [2.45, 2.75) is 44.6 Å². The Morgan fingerprint density at radius 3 is 1.89 bits per heavy atom. The van der Waals surface area contributed by atoms with Crippen molar-refractivity contribution in [1.29, 1.82) is 0 Å². The van der Waals surface area contributed by atoms with E-state index in [0.29, 0.717) is 6.10 Å². The molecule has 0 aliphatic heterocycles. The van der Waals surface area contributed by atoms with E-state index in [1.165, 1.54) is 30.4 Å². The second-order valence-electron chi connectivity index (χ2n) is 7.76. The highest BCUT2D eigenvalue weighted by Gasteiger charge is 2.24. The van der Waals surface area contributed by atoms with Crippen molar-refractivity contribution in [1.82, 2.24) is 4.98 Å². The van der Waals surface area contributed by atoms with Crippen LogP contribution in [0.3, 0.4) is 0 Å². The molecule has 1 aliphatic carbocycles. The molecule has 0 N–H and O–H groups in total. The Labute approximate surface area is 174 Å². The Morgan fingerprint density at radius 2 is 1.39 bits per heavy atom. The summed E-state index contributed by atoms with van der Waals surface area (Å²) in [4.78, 5) is 4.19. The number of nitrogens with zero attached hydrogens (tertiary/aromatic N) is 1. The Kier molecular flexibility index (Phi) is 5.40. The fourth-order valence-corrected chi connectivity index (χ4v) is 3.53. The van der Waals surface area contributed by atoms with E-state index in [1.54, 1.807) is 6.20 Å². The van der Waals surface area contributed by atoms with Crippen molar-refractivity contribution in [3.05, 3.63) is 82.6 Å². The summed E-state index contributed by atoms with van der Waals surface area (Å²) in [6, 6.07) is 20.5. The molecule has 1 saturated carbocycles. The lowest BCUT2D eigenvalue weighted by molar-refractivity contribution is 0.120. The minimum atomic E-state index is -0.104. The normalized spacial score (nSPS) is 14.4. The van der Waals surface area contributed by atoms with Gasteiger partial charge in [-0.3, -0.25) is 0 Å². The van der Waals surface area contributed by atoms with E-state index in [0.717, 1.165) is 21.9 Å². The molecule has 1 aromatic heterocycles. The monoisotopic (exact) mass is 437 g/mol. The number of benzene rings is 2. The quantitative estimate of drug-likeness (QED) is 0.393. The minimum absolute atomic E-state index is 0.104. The van der Waals surface area contributed by atoms with Gasteiger partial charge in [-0.15, -0.1) is 0 Å². The summed E-state index contributed by atoms with van der Waals surface area (Å²) in [6.45, 7) is 4.48. The van der Waals surface area contributed by atoms with Gasteiger partial charge in [-0.05, 0) is 82.7 Å². The molecule has 4 rings (SSSR count). The number of halogens is 1. The molecule has 0 radical (unpaired) electrons. The Hall–Kier alpha value is -2.33. The molecule has 0 bridgehead atoms. The first-order chi connectivity index (χ1) is 13.5. The van der Waals surface area contributed by atoms with Crippen LogP contribution in [0.1, 0.15) is 44.2 Å². The standard InChI is InChI=1S/C24H24BrNO2/c1-24(2,17-6-10-20(11-7-17)27-19-4-3-5-19)18-8-12-21(13-9-18)28-22-14-15-23(25)26-16-22/h6-16,19H,3-5H2,1-2H3. The summed E-state index contributed by atoms with van der Waals surface area (Å²) in [5, 5.41) is 0. The molecule has 28 heavy (non-hydrogen) atoms. The Bertz CT molecular complexity index is 914. The van der Waals surface area contributed by atoms with E-state index in [1.807, 2.05) is 24.3 Å². The number of aromatic nitrogens is 1. The number of rotatable bonds is 6. The maximum absolute atomic E-state index is 5.98. The lowest BCUT2D eigenvalue weighted by atomic mass is 9.78. The zero-order valence-electron chi connectivity index (χ0n) is 16.2. The van der Waals surface area contributed by atoms with Crippen LogP contribution in [-0.2, 0) is 5.41 Å². The largest absolute Gasteiger partial charge is 0.490 e. The smallest absolute Gasteiger partial charge is 0.145 e. The maximum Gasteiger partial charge on any atom is 0.145 e. The predicted octanol–water partition coefficient (Wildman–Crippen LogP) is 6.89. The van der Waals surface area contributed by atoms with Gasteiger partial charge in [-0.1, -0.05) is 38.1 Å². The van der Waals surface area contributed by atoms with Crippen LogP contribution < -0.4 is 9.47 Å². The Morgan fingerprint density at radius 1 is 0.821 bits per heavy atom. The van der Waals surface area contributed by atoms with Crippen molar-refractivity contribution >= 4 is 15.9 Å². The van der Waals surface area contributed by atoms with Crippen LogP contribution in [0.2, 0.25) is 0 Å². The molecule has 4 heteroatoms. The van der Waals surface area contributed by atoms with Crippen LogP contribution in [0.4, 0.5) is 0 Å². The number of ether oxygens (including phenoxy) is 2. The van der Waals surface area contributed by atoms with Gasteiger partial charge < -0.3 is 9.47 Å². The molecule has 3 aromatic rings. The summed E-state index contributed by atoms with van der Waals surface area (Å²) < 4.78 is 12.6. The van der Waals surface area contributed by atoms with Crippen molar-refractivity contribution < 1.29 is 9.47 Å². The van der Waals surface area contributed by atoms with Gasteiger partial charge in [0.15, 0.2) is 0 Å². The molecule has 0 atom stereocenters.